The van der Waals surface area contributed by atoms with E-state index in [1.807, 2.05) is 0 Å². The highest BCUT2D eigenvalue weighted by molar-refractivity contribution is 7.91. The van der Waals surface area contributed by atoms with Gasteiger partial charge in [-0.05, 0) is 18.2 Å². The summed E-state index contributed by atoms with van der Waals surface area (Å²) < 4.78 is 37.9. The van der Waals surface area contributed by atoms with Crippen molar-refractivity contribution in [3.8, 4) is 0 Å². The third kappa shape index (κ3) is 2.76. The quantitative estimate of drug-likeness (QED) is 0.483. The minimum Gasteiger partial charge on any atom is -0.258 e. The summed E-state index contributed by atoms with van der Waals surface area (Å²) in [5.74, 6) is -1.18. The van der Waals surface area contributed by atoms with E-state index in [1.54, 1.807) is 0 Å². The number of halogens is 1. The second kappa shape index (κ2) is 5.48. The minimum atomic E-state index is -4.24. The van der Waals surface area contributed by atoms with Crippen LogP contribution in [-0.4, -0.2) is 18.3 Å². The Bertz CT molecular complexity index is 881. The van der Waals surface area contributed by atoms with Gasteiger partial charge in [-0.3, -0.25) is 20.2 Å². The summed E-state index contributed by atoms with van der Waals surface area (Å²) in [6, 6.07) is 6.29. The number of non-ortho nitro benzene ring substituents is 1. The van der Waals surface area contributed by atoms with Crippen molar-refractivity contribution >= 4 is 21.2 Å². The Morgan fingerprint density at radius 1 is 0.909 bits per heavy atom. The number of sulfone groups is 1. The highest BCUT2D eigenvalue weighted by Crippen LogP contribution is 2.28. The van der Waals surface area contributed by atoms with E-state index >= 15 is 0 Å². The van der Waals surface area contributed by atoms with Crippen LogP contribution in [0.3, 0.4) is 0 Å². The van der Waals surface area contributed by atoms with Crippen LogP contribution >= 0.6 is 0 Å². The van der Waals surface area contributed by atoms with Crippen molar-refractivity contribution < 1.29 is 22.7 Å². The fraction of sp³-hybridized carbons (Fsp3) is 0. The van der Waals surface area contributed by atoms with E-state index in [1.165, 1.54) is 6.07 Å². The lowest BCUT2D eigenvalue weighted by atomic mass is 10.3. The molecular formula is C12H7FN2O6S. The normalized spacial score (nSPS) is 11.1. The largest absolute Gasteiger partial charge is 0.306 e. The third-order valence-corrected chi connectivity index (χ3v) is 4.51. The van der Waals surface area contributed by atoms with Crippen molar-refractivity contribution in [2.45, 2.75) is 9.79 Å². The molecule has 0 saturated heterocycles. The molecule has 10 heteroatoms. The maximum atomic E-state index is 13.3. The molecule has 2 aromatic carbocycles. The third-order valence-electron chi connectivity index (χ3n) is 2.76. The van der Waals surface area contributed by atoms with Crippen LogP contribution in [0.1, 0.15) is 0 Å². The Morgan fingerprint density at radius 2 is 1.55 bits per heavy atom. The van der Waals surface area contributed by atoms with Crippen LogP contribution < -0.4 is 0 Å². The van der Waals surface area contributed by atoms with Crippen LogP contribution in [0.2, 0.25) is 0 Å². The molecule has 0 heterocycles. The number of nitrogens with zero attached hydrogens (tertiary/aromatic N) is 2. The van der Waals surface area contributed by atoms with Crippen LogP contribution in [0.4, 0.5) is 15.8 Å². The van der Waals surface area contributed by atoms with Gasteiger partial charge in [-0.2, -0.15) is 4.39 Å². The zero-order valence-electron chi connectivity index (χ0n) is 10.7. The molecule has 2 aromatic rings. The van der Waals surface area contributed by atoms with Crippen molar-refractivity contribution in [3.63, 3.8) is 0 Å². The summed E-state index contributed by atoms with van der Waals surface area (Å²) in [5.41, 5.74) is -1.44. The van der Waals surface area contributed by atoms with E-state index in [0.29, 0.717) is 12.1 Å². The maximum absolute atomic E-state index is 13.3. The van der Waals surface area contributed by atoms with Gasteiger partial charge in [0.15, 0.2) is 0 Å². The Balaban J connectivity index is 2.60. The predicted octanol–water partition coefficient (Wildman–Crippen LogP) is 2.47. The van der Waals surface area contributed by atoms with Gasteiger partial charge in [0.25, 0.3) is 5.69 Å². The second-order valence-electron chi connectivity index (χ2n) is 4.13. The van der Waals surface area contributed by atoms with E-state index < -0.39 is 46.7 Å². The highest BCUT2D eigenvalue weighted by Gasteiger charge is 2.24. The molecule has 0 aliphatic rings. The molecule has 0 aromatic heterocycles. The molecule has 0 fully saturated rings. The van der Waals surface area contributed by atoms with Crippen molar-refractivity contribution in [2.24, 2.45) is 0 Å². The fourth-order valence-corrected chi connectivity index (χ4v) is 3.02. The summed E-state index contributed by atoms with van der Waals surface area (Å²) in [5, 5.41) is 21.3. The summed E-state index contributed by atoms with van der Waals surface area (Å²) in [4.78, 5) is 18.6. The lowest BCUT2D eigenvalue weighted by molar-refractivity contribution is -0.387. The van der Waals surface area contributed by atoms with E-state index in [0.717, 1.165) is 24.3 Å². The molecule has 0 spiro atoms. The van der Waals surface area contributed by atoms with Crippen LogP contribution in [0.5, 0.6) is 0 Å². The standard InChI is InChI=1S/C12H7FN2O6S/c13-11-5-4-10(7-12(11)15(18)19)22(20,21)9-3-1-2-8(6-9)14(16)17/h1-7H. The molecule has 0 saturated carbocycles. The predicted molar refractivity (Wildman–Crippen MR) is 71.6 cm³/mol. The van der Waals surface area contributed by atoms with Crippen molar-refractivity contribution in [2.75, 3.05) is 0 Å². The van der Waals surface area contributed by atoms with Crippen molar-refractivity contribution in [1.82, 2.24) is 0 Å². The summed E-state index contributed by atoms with van der Waals surface area (Å²) in [6.45, 7) is 0. The molecule has 0 atom stereocenters. The van der Waals surface area contributed by atoms with Crippen LogP contribution in [-0.2, 0) is 9.84 Å². The topological polar surface area (TPSA) is 120 Å². The van der Waals surface area contributed by atoms with Gasteiger partial charge in [0.2, 0.25) is 15.7 Å². The number of nitro groups is 2. The van der Waals surface area contributed by atoms with Crippen molar-refractivity contribution in [1.29, 1.82) is 0 Å². The van der Waals surface area contributed by atoms with Gasteiger partial charge in [0.1, 0.15) is 0 Å². The Morgan fingerprint density at radius 3 is 2.14 bits per heavy atom. The Labute approximate surface area is 123 Å². The van der Waals surface area contributed by atoms with Gasteiger partial charge >= 0.3 is 5.69 Å². The molecule has 8 nitrogen and oxygen atoms in total. The molecule has 0 bridgehead atoms. The van der Waals surface area contributed by atoms with Gasteiger partial charge < -0.3 is 0 Å². The Hall–Kier alpha value is -2.88. The summed E-state index contributed by atoms with van der Waals surface area (Å²) in [6.07, 6.45) is 0. The fourth-order valence-electron chi connectivity index (χ4n) is 1.70. The molecule has 0 unspecified atom stereocenters. The van der Waals surface area contributed by atoms with Crippen LogP contribution in [0.25, 0.3) is 0 Å². The molecule has 2 rings (SSSR count). The van der Waals surface area contributed by atoms with E-state index in [-0.39, 0.29) is 0 Å². The number of rotatable bonds is 4. The minimum absolute atomic E-state index is 0.414. The molecule has 0 aliphatic carbocycles. The van der Waals surface area contributed by atoms with E-state index in [9.17, 15) is 33.0 Å². The number of benzene rings is 2. The SMILES string of the molecule is O=[N+]([O-])c1cccc(S(=O)(=O)c2ccc(F)c([N+](=O)[O-])c2)c1. The van der Waals surface area contributed by atoms with Gasteiger partial charge in [-0.1, -0.05) is 6.07 Å². The smallest absolute Gasteiger partial charge is 0.258 e. The van der Waals surface area contributed by atoms with Crippen molar-refractivity contribution in [3.05, 3.63) is 68.5 Å². The van der Waals surface area contributed by atoms with Crippen LogP contribution in [0, 0.1) is 26.0 Å². The first-order valence-electron chi connectivity index (χ1n) is 5.67. The molecule has 114 valence electrons. The number of hydrogen-bond acceptors (Lipinski definition) is 6. The lowest BCUT2D eigenvalue weighted by Gasteiger charge is -2.05. The second-order valence-corrected chi connectivity index (χ2v) is 6.08. The zero-order valence-corrected chi connectivity index (χ0v) is 11.5. The van der Waals surface area contributed by atoms with Gasteiger partial charge in [-0.25, -0.2) is 8.42 Å². The summed E-state index contributed by atoms with van der Waals surface area (Å²) in [7, 11) is -4.24. The van der Waals surface area contributed by atoms with E-state index in [4.69, 9.17) is 0 Å². The zero-order chi connectivity index (χ0) is 16.5. The van der Waals surface area contributed by atoms with E-state index in [2.05, 4.69) is 0 Å². The first-order valence-corrected chi connectivity index (χ1v) is 7.15. The lowest BCUT2D eigenvalue weighted by Crippen LogP contribution is -2.04. The van der Waals surface area contributed by atoms with Gasteiger partial charge in [-0.15, -0.1) is 0 Å². The van der Waals surface area contributed by atoms with Crippen LogP contribution in [0.15, 0.2) is 52.3 Å². The summed E-state index contributed by atoms with van der Waals surface area (Å²) >= 11 is 0. The first kappa shape index (κ1) is 15.5. The monoisotopic (exact) mass is 326 g/mol. The highest BCUT2D eigenvalue weighted by atomic mass is 32.2. The van der Waals surface area contributed by atoms with Gasteiger partial charge in [0, 0.05) is 18.2 Å². The molecule has 0 aliphatic heterocycles. The molecule has 0 radical (unpaired) electrons. The molecule has 0 N–H and O–H groups in total. The number of hydrogen-bond donors (Lipinski definition) is 0. The number of nitro benzene ring substituents is 2. The maximum Gasteiger partial charge on any atom is 0.306 e. The first-order chi connectivity index (χ1) is 10.2. The molecule has 0 amide bonds. The molecule has 22 heavy (non-hydrogen) atoms. The molecular weight excluding hydrogens is 319 g/mol. The average molecular weight is 326 g/mol. The average Bonchev–Trinajstić information content (AvgIpc) is 2.47. The Kier molecular flexibility index (Phi) is 3.87. The van der Waals surface area contributed by atoms with Gasteiger partial charge in [0.05, 0.1) is 19.6 Å².